The number of carbonyl (C=O) groups is 1. The number of carbonyl (C=O) groups excluding carboxylic acids is 1. The SMILES string of the molecule is CC[C@H](C)[C@@H](CN(Cc1cccc2ccccc12)C(=S)Nc1cccc2ccccc12)NC(=O)Cc1cncn1Cc1ccc([N+](=O)[O-])cc1. The summed E-state index contributed by atoms with van der Waals surface area (Å²) in [5, 5.41) is 23.1. The molecule has 0 unspecified atom stereocenters. The van der Waals surface area contributed by atoms with Crippen molar-refractivity contribution >= 4 is 56.2 Å². The Kier molecular flexibility index (Phi) is 10.8. The van der Waals surface area contributed by atoms with E-state index < -0.39 is 4.92 Å². The van der Waals surface area contributed by atoms with Gasteiger partial charge in [-0.15, -0.1) is 0 Å². The molecule has 1 amide bonds. The number of nitro benzene ring substituents is 1. The van der Waals surface area contributed by atoms with Gasteiger partial charge in [-0.2, -0.15) is 0 Å². The molecule has 9 nitrogen and oxygen atoms in total. The number of benzene rings is 5. The molecule has 0 spiro atoms. The minimum absolute atomic E-state index is 0.0383. The number of nitro groups is 1. The number of nitrogens with zero attached hydrogens (tertiary/aromatic N) is 4. The average Bonchev–Trinajstić information content (AvgIpc) is 3.56. The molecule has 0 aliphatic carbocycles. The predicted octanol–water partition coefficient (Wildman–Crippen LogP) is 8.12. The van der Waals surface area contributed by atoms with Gasteiger partial charge in [-0.25, -0.2) is 4.98 Å². The molecule has 0 bridgehead atoms. The molecule has 0 saturated carbocycles. The number of anilines is 1. The first kappa shape index (κ1) is 34.3. The van der Waals surface area contributed by atoms with Gasteiger partial charge >= 0.3 is 0 Å². The molecular weight excluding hydrogens is 645 g/mol. The van der Waals surface area contributed by atoms with Crippen molar-refractivity contribution in [1.82, 2.24) is 19.8 Å². The van der Waals surface area contributed by atoms with E-state index in [9.17, 15) is 14.9 Å². The van der Waals surface area contributed by atoms with E-state index in [4.69, 9.17) is 12.2 Å². The highest BCUT2D eigenvalue weighted by Gasteiger charge is 2.25. The largest absolute Gasteiger partial charge is 0.351 e. The molecule has 2 atom stereocenters. The molecule has 2 N–H and O–H groups in total. The summed E-state index contributed by atoms with van der Waals surface area (Å²) in [6.07, 6.45) is 4.38. The van der Waals surface area contributed by atoms with Gasteiger partial charge in [-0.05, 0) is 51.5 Å². The normalized spacial score (nSPS) is 12.4. The Morgan fingerprint density at radius 3 is 2.30 bits per heavy atom. The molecule has 0 aliphatic heterocycles. The Bertz CT molecular complexity index is 2120. The van der Waals surface area contributed by atoms with Crippen molar-refractivity contribution in [1.29, 1.82) is 0 Å². The van der Waals surface area contributed by atoms with E-state index in [2.05, 4.69) is 89.0 Å². The van der Waals surface area contributed by atoms with E-state index in [1.165, 1.54) is 17.5 Å². The molecule has 0 saturated heterocycles. The van der Waals surface area contributed by atoms with Crippen LogP contribution in [0, 0.1) is 16.0 Å². The third kappa shape index (κ3) is 8.15. The summed E-state index contributed by atoms with van der Waals surface area (Å²) < 4.78 is 1.90. The van der Waals surface area contributed by atoms with Crippen molar-refractivity contribution in [2.75, 3.05) is 11.9 Å². The Morgan fingerprint density at radius 1 is 0.920 bits per heavy atom. The summed E-state index contributed by atoms with van der Waals surface area (Å²) in [7, 11) is 0. The van der Waals surface area contributed by atoms with Crippen LogP contribution in [0.15, 0.2) is 122 Å². The number of fused-ring (bicyclic) bond motifs is 2. The second-order valence-electron chi connectivity index (χ2n) is 12.6. The van der Waals surface area contributed by atoms with Crippen molar-refractivity contribution in [3.8, 4) is 0 Å². The lowest BCUT2D eigenvalue weighted by molar-refractivity contribution is -0.384. The van der Waals surface area contributed by atoms with Crippen molar-refractivity contribution in [2.45, 2.75) is 45.8 Å². The Balaban J connectivity index is 1.23. The highest BCUT2D eigenvalue weighted by Crippen LogP contribution is 2.25. The zero-order chi connectivity index (χ0) is 35.0. The number of hydrogen-bond acceptors (Lipinski definition) is 5. The van der Waals surface area contributed by atoms with Crippen molar-refractivity contribution < 1.29 is 9.72 Å². The van der Waals surface area contributed by atoms with Crippen LogP contribution < -0.4 is 10.6 Å². The molecular formula is C40H40N6O3S. The summed E-state index contributed by atoms with van der Waals surface area (Å²) in [5.41, 5.74) is 3.75. The highest BCUT2D eigenvalue weighted by molar-refractivity contribution is 7.80. The molecule has 50 heavy (non-hydrogen) atoms. The molecule has 5 aromatic carbocycles. The van der Waals surface area contributed by atoms with Gasteiger partial charge in [-0.3, -0.25) is 14.9 Å². The van der Waals surface area contributed by atoms with Gasteiger partial charge in [0.15, 0.2) is 5.11 Å². The predicted molar refractivity (Wildman–Crippen MR) is 204 cm³/mol. The fourth-order valence-corrected chi connectivity index (χ4v) is 6.50. The van der Waals surface area contributed by atoms with Crippen LogP contribution in [0.3, 0.4) is 0 Å². The number of nitrogens with one attached hydrogen (secondary N) is 2. The zero-order valence-corrected chi connectivity index (χ0v) is 29.0. The Labute approximate surface area is 297 Å². The van der Waals surface area contributed by atoms with Gasteiger partial charge in [0.25, 0.3) is 5.69 Å². The van der Waals surface area contributed by atoms with Crippen LogP contribution in [0.2, 0.25) is 0 Å². The minimum atomic E-state index is -0.417. The molecule has 6 rings (SSSR count). The van der Waals surface area contributed by atoms with E-state index in [0.717, 1.165) is 45.1 Å². The van der Waals surface area contributed by atoms with Gasteiger partial charge in [0, 0.05) is 60.8 Å². The molecule has 10 heteroatoms. The number of amides is 1. The summed E-state index contributed by atoms with van der Waals surface area (Å²) in [6, 6.07) is 35.3. The number of aromatic nitrogens is 2. The van der Waals surface area contributed by atoms with E-state index >= 15 is 0 Å². The summed E-state index contributed by atoms with van der Waals surface area (Å²) in [6.45, 7) is 5.79. The van der Waals surface area contributed by atoms with E-state index in [-0.39, 0.29) is 30.0 Å². The first-order chi connectivity index (χ1) is 24.3. The molecule has 1 heterocycles. The summed E-state index contributed by atoms with van der Waals surface area (Å²) >= 11 is 6.15. The number of thiocarbonyl (C=S) groups is 1. The summed E-state index contributed by atoms with van der Waals surface area (Å²) in [5.74, 6) is 0.0538. The number of rotatable bonds is 13. The number of hydrogen-bond donors (Lipinski definition) is 2. The van der Waals surface area contributed by atoms with Crippen LogP contribution in [0.25, 0.3) is 21.5 Å². The third-order valence-electron chi connectivity index (χ3n) is 9.29. The lowest BCUT2D eigenvalue weighted by atomic mass is 9.97. The molecule has 0 fully saturated rings. The maximum absolute atomic E-state index is 13.7. The standard InChI is InChI=1S/C40H40N6O3S/c1-3-28(2)38(42-39(47)22-34-23-41-27-45(34)24-29-18-20-33(21-19-29)46(48)49)26-44(25-32-14-8-12-30-10-4-6-15-35(30)32)40(50)43-37-17-9-13-31-11-5-7-16-36(31)37/h4-21,23,27-28,38H,3,22,24-26H2,1-2H3,(H,42,47)(H,43,50)/t28-,38+/m0/s1. The maximum atomic E-state index is 13.7. The van der Waals surface area contributed by atoms with Crippen LogP contribution in [0.4, 0.5) is 11.4 Å². The quantitative estimate of drug-likeness (QED) is 0.0719. The summed E-state index contributed by atoms with van der Waals surface area (Å²) in [4.78, 5) is 30.8. The Morgan fingerprint density at radius 2 is 1.58 bits per heavy atom. The van der Waals surface area contributed by atoms with Crippen LogP contribution in [0.5, 0.6) is 0 Å². The molecule has 1 aromatic heterocycles. The monoisotopic (exact) mass is 684 g/mol. The van der Waals surface area contributed by atoms with Gasteiger partial charge in [0.1, 0.15) is 0 Å². The van der Waals surface area contributed by atoms with E-state index in [1.54, 1.807) is 24.7 Å². The first-order valence-electron chi connectivity index (χ1n) is 16.8. The average molecular weight is 685 g/mol. The van der Waals surface area contributed by atoms with Crippen molar-refractivity contribution in [3.63, 3.8) is 0 Å². The van der Waals surface area contributed by atoms with Gasteiger partial charge in [-0.1, -0.05) is 111 Å². The zero-order valence-electron chi connectivity index (χ0n) is 28.2. The minimum Gasteiger partial charge on any atom is -0.351 e. The van der Waals surface area contributed by atoms with Crippen molar-refractivity contribution in [2.24, 2.45) is 5.92 Å². The van der Waals surface area contributed by atoms with Gasteiger partial charge in [0.05, 0.1) is 17.7 Å². The fraction of sp³-hybridized carbons (Fsp3) is 0.225. The molecule has 0 radical (unpaired) electrons. The molecule has 0 aliphatic rings. The second-order valence-corrected chi connectivity index (χ2v) is 13.0. The van der Waals surface area contributed by atoms with Crippen LogP contribution in [0.1, 0.15) is 37.1 Å². The molecule has 254 valence electrons. The third-order valence-corrected chi connectivity index (χ3v) is 9.65. The van der Waals surface area contributed by atoms with E-state index in [0.29, 0.717) is 24.7 Å². The van der Waals surface area contributed by atoms with Gasteiger partial charge < -0.3 is 20.1 Å². The van der Waals surface area contributed by atoms with Crippen LogP contribution >= 0.6 is 12.2 Å². The van der Waals surface area contributed by atoms with Gasteiger partial charge in [0.2, 0.25) is 5.91 Å². The maximum Gasteiger partial charge on any atom is 0.269 e. The Hall–Kier alpha value is -5.61. The van der Waals surface area contributed by atoms with Crippen LogP contribution in [-0.4, -0.2) is 43.0 Å². The lowest BCUT2D eigenvalue weighted by Crippen LogP contribution is -2.50. The van der Waals surface area contributed by atoms with E-state index in [1.807, 2.05) is 34.9 Å². The topological polar surface area (TPSA) is 105 Å². The molecule has 6 aromatic rings. The number of imidazole rings is 1. The first-order valence-corrected chi connectivity index (χ1v) is 17.2. The second kappa shape index (κ2) is 15.7. The fourth-order valence-electron chi connectivity index (χ4n) is 6.25. The lowest BCUT2D eigenvalue weighted by Gasteiger charge is -2.33. The number of non-ortho nitro benzene ring substituents is 1. The van der Waals surface area contributed by atoms with Crippen molar-refractivity contribution in [3.05, 3.63) is 149 Å². The smallest absolute Gasteiger partial charge is 0.269 e. The highest BCUT2D eigenvalue weighted by atomic mass is 32.1. The van der Waals surface area contributed by atoms with Crippen LogP contribution in [-0.2, 0) is 24.3 Å².